The van der Waals surface area contributed by atoms with E-state index in [1.807, 2.05) is 0 Å². The van der Waals surface area contributed by atoms with E-state index in [1.54, 1.807) is 0 Å². The van der Waals surface area contributed by atoms with Gasteiger partial charge in [0.15, 0.2) is 6.29 Å². The zero-order valence-corrected chi connectivity index (χ0v) is 13.1. The van der Waals surface area contributed by atoms with Crippen molar-refractivity contribution in [3.05, 3.63) is 0 Å². The monoisotopic (exact) mass is 368 g/mol. The van der Waals surface area contributed by atoms with Gasteiger partial charge >= 0.3 is 5.97 Å². The largest absolute Gasteiger partial charge is 0.461 e. The lowest BCUT2D eigenvalue weighted by atomic mass is 9.93. The Morgan fingerprint density at radius 1 is 1.56 bits per heavy atom. The fraction of sp³-hybridized carbons (Fsp3) is 0.923. The first kappa shape index (κ1) is 14.5. The Balaban J connectivity index is 1.76. The van der Waals surface area contributed by atoms with Gasteiger partial charge in [-0.2, -0.15) is 0 Å². The SMILES string of the molecule is CC(CC(C)(I)OC1CCCCO1)C1CC(=O)O1. The van der Waals surface area contributed by atoms with Crippen molar-refractivity contribution in [2.75, 3.05) is 6.61 Å². The molecule has 2 rings (SSSR count). The first-order valence-electron chi connectivity index (χ1n) is 6.64. The molecule has 18 heavy (non-hydrogen) atoms. The number of esters is 1. The molecule has 0 aromatic carbocycles. The average Bonchev–Trinajstić information content (AvgIpc) is 2.24. The van der Waals surface area contributed by atoms with Crippen molar-refractivity contribution in [3.8, 4) is 0 Å². The second kappa shape index (κ2) is 6.05. The minimum atomic E-state index is -0.263. The fourth-order valence-corrected chi connectivity index (χ4v) is 3.45. The zero-order chi connectivity index (χ0) is 13.2. The molecule has 0 radical (unpaired) electrons. The molecule has 0 saturated carbocycles. The Labute approximate surface area is 122 Å². The quantitative estimate of drug-likeness (QED) is 0.425. The van der Waals surface area contributed by atoms with Crippen LogP contribution in [0.1, 0.15) is 46.0 Å². The molecule has 2 fully saturated rings. The molecule has 2 aliphatic rings. The molecule has 0 aromatic rings. The second-order valence-corrected chi connectivity index (χ2v) is 7.71. The van der Waals surface area contributed by atoms with E-state index in [0.29, 0.717) is 12.3 Å². The van der Waals surface area contributed by atoms with Crippen LogP contribution < -0.4 is 0 Å². The van der Waals surface area contributed by atoms with Crippen LogP contribution in [0.5, 0.6) is 0 Å². The van der Waals surface area contributed by atoms with E-state index in [2.05, 4.69) is 36.4 Å². The number of hydrogen-bond donors (Lipinski definition) is 0. The number of alkyl halides is 1. The highest BCUT2D eigenvalue weighted by Crippen LogP contribution is 2.35. The van der Waals surface area contributed by atoms with Gasteiger partial charge in [-0.15, -0.1) is 0 Å². The molecule has 0 aromatic heterocycles. The molecule has 4 nitrogen and oxygen atoms in total. The number of hydrogen-bond acceptors (Lipinski definition) is 4. The van der Waals surface area contributed by atoms with Crippen LogP contribution >= 0.6 is 22.6 Å². The summed E-state index contributed by atoms with van der Waals surface area (Å²) in [5, 5.41) is 0. The summed E-state index contributed by atoms with van der Waals surface area (Å²) < 4.78 is 16.5. The van der Waals surface area contributed by atoms with E-state index in [9.17, 15) is 4.79 Å². The van der Waals surface area contributed by atoms with E-state index >= 15 is 0 Å². The Morgan fingerprint density at radius 2 is 2.28 bits per heavy atom. The summed E-state index contributed by atoms with van der Waals surface area (Å²) in [4.78, 5) is 10.8. The van der Waals surface area contributed by atoms with Crippen LogP contribution in [-0.2, 0) is 19.0 Å². The summed E-state index contributed by atoms with van der Waals surface area (Å²) >= 11 is 2.33. The van der Waals surface area contributed by atoms with Gasteiger partial charge in [0, 0.05) is 6.61 Å². The highest BCUT2D eigenvalue weighted by atomic mass is 127. The summed E-state index contributed by atoms with van der Waals surface area (Å²) in [5.41, 5.74) is 0. The normalized spacial score (nSPS) is 33.2. The summed E-state index contributed by atoms with van der Waals surface area (Å²) in [6.45, 7) is 4.98. The summed E-state index contributed by atoms with van der Waals surface area (Å²) in [7, 11) is 0. The van der Waals surface area contributed by atoms with Crippen molar-refractivity contribution < 1.29 is 19.0 Å². The molecule has 104 valence electrons. The van der Waals surface area contributed by atoms with Gasteiger partial charge in [0.05, 0.1) is 6.42 Å². The van der Waals surface area contributed by atoms with Gasteiger partial charge in [-0.1, -0.05) is 6.92 Å². The third-order valence-corrected chi connectivity index (χ3v) is 4.18. The molecular formula is C13H21IO4. The average molecular weight is 368 g/mol. The maximum atomic E-state index is 10.8. The molecule has 4 unspecified atom stereocenters. The smallest absolute Gasteiger partial charge is 0.309 e. The maximum absolute atomic E-state index is 10.8. The van der Waals surface area contributed by atoms with Crippen LogP contribution in [0.4, 0.5) is 0 Å². The van der Waals surface area contributed by atoms with Crippen LogP contribution in [0.25, 0.3) is 0 Å². The third kappa shape index (κ3) is 4.06. The Bertz CT molecular complexity index is 291. The van der Waals surface area contributed by atoms with Gasteiger partial charge < -0.3 is 14.2 Å². The minimum absolute atomic E-state index is 0.0717. The molecule has 0 amide bonds. The molecule has 0 spiro atoms. The first-order valence-corrected chi connectivity index (χ1v) is 7.72. The van der Waals surface area contributed by atoms with Crippen LogP contribution in [0.2, 0.25) is 0 Å². The van der Waals surface area contributed by atoms with Crippen LogP contribution in [0.15, 0.2) is 0 Å². The number of carbonyl (C=O) groups excluding carboxylic acids is 1. The van der Waals surface area contributed by atoms with Crippen molar-refractivity contribution in [3.63, 3.8) is 0 Å². The molecule has 0 N–H and O–H groups in total. The van der Waals surface area contributed by atoms with Gasteiger partial charge in [-0.3, -0.25) is 4.79 Å². The summed E-state index contributed by atoms with van der Waals surface area (Å²) in [6.07, 6.45) is 4.70. The van der Waals surface area contributed by atoms with Crippen LogP contribution in [-0.4, -0.2) is 28.6 Å². The highest BCUT2D eigenvalue weighted by Gasteiger charge is 2.38. The minimum Gasteiger partial charge on any atom is -0.461 e. The number of cyclic esters (lactones) is 1. The fourth-order valence-electron chi connectivity index (χ4n) is 2.47. The maximum Gasteiger partial charge on any atom is 0.309 e. The van der Waals surface area contributed by atoms with Gasteiger partial charge in [0.2, 0.25) is 0 Å². The van der Waals surface area contributed by atoms with Crippen molar-refractivity contribution >= 4 is 28.6 Å². The Hall–Kier alpha value is 0.120. The molecule has 2 heterocycles. The topological polar surface area (TPSA) is 44.8 Å². The van der Waals surface area contributed by atoms with Crippen molar-refractivity contribution in [2.24, 2.45) is 5.92 Å². The molecule has 4 atom stereocenters. The number of carbonyl (C=O) groups is 1. The number of rotatable bonds is 5. The number of ether oxygens (including phenoxy) is 3. The van der Waals surface area contributed by atoms with E-state index in [1.165, 1.54) is 6.42 Å². The Kier molecular flexibility index (Phi) is 4.88. The lowest BCUT2D eigenvalue weighted by Crippen LogP contribution is -2.41. The second-order valence-electron chi connectivity index (χ2n) is 5.43. The van der Waals surface area contributed by atoms with Crippen LogP contribution in [0.3, 0.4) is 0 Å². The van der Waals surface area contributed by atoms with Gasteiger partial charge in [0.1, 0.15) is 9.71 Å². The van der Waals surface area contributed by atoms with Gasteiger partial charge in [-0.05, 0) is 61.1 Å². The predicted octanol–water partition coefficient (Wildman–Crippen LogP) is 3.02. The zero-order valence-electron chi connectivity index (χ0n) is 11.0. The van der Waals surface area contributed by atoms with Gasteiger partial charge in [-0.25, -0.2) is 0 Å². The summed E-state index contributed by atoms with van der Waals surface area (Å²) in [5.74, 6) is 0.242. The molecular weight excluding hydrogens is 347 g/mol. The van der Waals surface area contributed by atoms with E-state index < -0.39 is 0 Å². The van der Waals surface area contributed by atoms with E-state index in [4.69, 9.17) is 14.2 Å². The van der Waals surface area contributed by atoms with Gasteiger partial charge in [0.25, 0.3) is 0 Å². The summed E-state index contributed by atoms with van der Waals surface area (Å²) in [6, 6.07) is 0. The predicted molar refractivity (Wildman–Crippen MR) is 75.4 cm³/mol. The Morgan fingerprint density at radius 3 is 2.83 bits per heavy atom. The molecule has 0 aliphatic carbocycles. The molecule has 2 saturated heterocycles. The lowest BCUT2D eigenvalue weighted by molar-refractivity contribution is -0.198. The van der Waals surface area contributed by atoms with Crippen LogP contribution in [0, 0.1) is 5.92 Å². The molecule has 5 heteroatoms. The first-order chi connectivity index (χ1) is 8.46. The standard InChI is InChI=1S/C13H21IO4/c1-9(10-7-11(15)17-10)8-13(2,14)18-12-5-3-4-6-16-12/h9-10,12H,3-8H2,1-2H3. The van der Waals surface area contributed by atoms with E-state index in [0.717, 1.165) is 25.9 Å². The third-order valence-electron chi connectivity index (χ3n) is 3.49. The van der Waals surface area contributed by atoms with Crippen molar-refractivity contribution in [1.29, 1.82) is 0 Å². The van der Waals surface area contributed by atoms with Crippen molar-refractivity contribution in [1.82, 2.24) is 0 Å². The highest BCUT2D eigenvalue weighted by molar-refractivity contribution is 14.1. The molecule has 2 aliphatic heterocycles. The van der Waals surface area contributed by atoms with E-state index in [-0.39, 0.29) is 22.0 Å². The van der Waals surface area contributed by atoms with Crippen molar-refractivity contribution in [2.45, 2.75) is 62.0 Å². The number of halogens is 1. The molecule has 0 bridgehead atoms. The lowest BCUT2D eigenvalue weighted by Gasteiger charge is -2.37.